The molecule has 1 atom stereocenters. The van der Waals surface area contributed by atoms with Gasteiger partial charge in [0, 0.05) is 16.7 Å². The number of hydrogen-bond donors (Lipinski definition) is 1. The second-order valence-corrected chi connectivity index (χ2v) is 9.43. The summed E-state index contributed by atoms with van der Waals surface area (Å²) >= 11 is 3.32. The van der Waals surface area contributed by atoms with Crippen molar-refractivity contribution in [2.45, 2.75) is 43.5 Å². The molecule has 1 amide bonds. The second kappa shape index (κ2) is 8.54. The summed E-state index contributed by atoms with van der Waals surface area (Å²) in [5.74, 6) is -0.274. The third-order valence-corrected chi connectivity index (χ3v) is 7.23. The fraction of sp³-hybridized carbons (Fsp3) is 0.350. The van der Waals surface area contributed by atoms with Crippen molar-refractivity contribution in [2.75, 3.05) is 11.9 Å². The fourth-order valence-electron chi connectivity index (χ4n) is 3.29. The van der Waals surface area contributed by atoms with E-state index in [2.05, 4.69) is 28.2 Å². The molecule has 27 heavy (non-hydrogen) atoms. The maximum atomic E-state index is 13.1. The van der Waals surface area contributed by atoms with Crippen LogP contribution in [-0.2, 0) is 21.2 Å². The molecule has 0 spiro atoms. The Kier molecular flexibility index (Phi) is 6.34. The van der Waals surface area contributed by atoms with E-state index in [-0.39, 0.29) is 10.8 Å². The summed E-state index contributed by atoms with van der Waals surface area (Å²) in [4.78, 5) is 13.1. The molecule has 2 aromatic carbocycles. The third-order valence-electron chi connectivity index (χ3n) is 4.78. The van der Waals surface area contributed by atoms with E-state index in [4.69, 9.17) is 0 Å². The van der Waals surface area contributed by atoms with Crippen LogP contribution in [0.2, 0.25) is 0 Å². The van der Waals surface area contributed by atoms with Gasteiger partial charge in [-0.15, -0.1) is 0 Å². The number of amides is 1. The monoisotopic (exact) mass is 450 g/mol. The first kappa shape index (κ1) is 20.0. The van der Waals surface area contributed by atoms with Crippen LogP contribution in [0.1, 0.15) is 31.7 Å². The van der Waals surface area contributed by atoms with Crippen LogP contribution in [0.4, 0.5) is 5.69 Å². The maximum absolute atomic E-state index is 13.1. The Morgan fingerprint density at radius 1 is 1.19 bits per heavy atom. The molecular weight excluding hydrogens is 428 g/mol. The maximum Gasteiger partial charge on any atom is 0.243 e. The molecule has 2 aromatic rings. The van der Waals surface area contributed by atoms with Crippen molar-refractivity contribution in [3.05, 3.63) is 58.6 Å². The van der Waals surface area contributed by atoms with Gasteiger partial charge in [-0.1, -0.05) is 41.4 Å². The van der Waals surface area contributed by atoms with Crippen molar-refractivity contribution in [3.63, 3.8) is 0 Å². The number of aryl methyl sites for hydroxylation is 1. The lowest BCUT2D eigenvalue weighted by Gasteiger charge is -2.33. The number of rotatable bonds is 5. The topological polar surface area (TPSA) is 66.5 Å². The zero-order valence-electron chi connectivity index (χ0n) is 15.2. The van der Waals surface area contributed by atoms with E-state index >= 15 is 0 Å². The molecule has 1 fully saturated rings. The van der Waals surface area contributed by atoms with Gasteiger partial charge in [0.05, 0.1) is 4.90 Å². The lowest BCUT2D eigenvalue weighted by molar-refractivity contribution is -0.120. The third kappa shape index (κ3) is 4.59. The Bertz CT molecular complexity index is 913. The number of hydrogen-bond acceptors (Lipinski definition) is 3. The quantitative estimate of drug-likeness (QED) is 0.742. The summed E-state index contributed by atoms with van der Waals surface area (Å²) in [7, 11) is -3.73. The van der Waals surface area contributed by atoms with E-state index < -0.39 is 16.1 Å². The minimum absolute atomic E-state index is 0.207. The van der Waals surface area contributed by atoms with Gasteiger partial charge in [-0.3, -0.25) is 4.79 Å². The highest BCUT2D eigenvalue weighted by molar-refractivity contribution is 9.10. The zero-order valence-corrected chi connectivity index (χ0v) is 17.6. The van der Waals surface area contributed by atoms with Crippen molar-refractivity contribution in [2.24, 2.45) is 0 Å². The van der Waals surface area contributed by atoms with Crippen LogP contribution in [0, 0.1) is 0 Å². The van der Waals surface area contributed by atoms with E-state index in [9.17, 15) is 13.2 Å². The summed E-state index contributed by atoms with van der Waals surface area (Å²) in [6.07, 6.45) is 2.98. The first-order chi connectivity index (χ1) is 12.9. The predicted molar refractivity (Wildman–Crippen MR) is 110 cm³/mol. The minimum Gasteiger partial charge on any atom is -0.325 e. The molecule has 0 aliphatic carbocycles. The largest absolute Gasteiger partial charge is 0.325 e. The summed E-state index contributed by atoms with van der Waals surface area (Å²) < 4.78 is 28.4. The number of sulfonamides is 1. The Hall–Kier alpha value is -1.70. The molecule has 0 bridgehead atoms. The van der Waals surface area contributed by atoms with Crippen LogP contribution >= 0.6 is 15.9 Å². The van der Waals surface area contributed by atoms with Crippen molar-refractivity contribution < 1.29 is 13.2 Å². The average molecular weight is 451 g/mol. The number of halogens is 1. The number of carbonyl (C=O) groups excluding carboxylic acids is 1. The number of benzene rings is 2. The van der Waals surface area contributed by atoms with Gasteiger partial charge in [-0.2, -0.15) is 4.31 Å². The molecule has 1 aliphatic heterocycles. The van der Waals surface area contributed by atoms with Crippen molar-refractivity contribution in [1.29, 1.82) is 0 Å². The van der Waals surface area contributed by atoms with Crippen LogP contribution in [0.5, 0.6) is 0 Å². The van der Waals surface area contributed by atoms with Gasteiger partial charge in [-0.25, -0.2) is 8.42 Å². The second-order valence-electron chi connectivity index (χ2n) is 6.62. The first-order valence-corrected chi connectivity index (χ1v) is 11.3. The van der Waals surface area contributed by atoms with Crippen molar-refractivity contribution in [3.8, 4) is 0 Å². The van der Waals surface area contributed by atoms with Crippen LogP contribution in [0.15, 0.2) is 57.9 Å². The molecule has 5 nitrogen and oxygen atoms in total. The van der Waals surface area contributed by atoms with Gasteiger partial charge >= 0.3 is 0 Å². The normalized spacial score (nSPS) is 18.2. The molecule has 0 unspecified atom stereocenters. The van der Waals surface area contributed by atoms with E-state index in [1.807, 2.05) is 24.3 Å². The first-order valence-electron chi connectivity index (χ1n) is 9.09. The number of carbonyl (C=O) groups is 1. The Morgan fingerprint density at radius 3 is 2.63 bits per heavy atom. The van der Waals surface area contributed by atoms with Crippen molar-refractivity contribution in [1.82, 2.24) is 4.31 Å². The highest BCUT2D eigenvalue weighted by Crippen LogP contribution is 2.27. The van der Waals surface area contributed by atoms with Gasteiger partial charge in [0.15, 0.2) is 0 Å². The van der Waals surface area contributed by atoms with Crippen molar-refractivity contribution >= 4 is 37.5 Å². The fourth-order valence-corrected chi connectivity index (χ4v) is 5.21. The lowest BCUT2D eigenvalue weighted by atomic mass is 10.0. The van der Waals surface area contributed by atoms with E-state index in [0.717, 1.165) is 29.3 Å². The molecule has 144 valence electrons. The van der Waals surface area contributed by atoms with E-state index in [1.54, 1.807) is 24.3 Å². The van der Waals surface area contributed by atoms with Crippen LogP contribution in [0.3, 0.4) is 0 Å². The SMILES string of the molecule is CCc1cccc(NC(=O)[C@H]2CCCCN2S(=O)(=O)c2ccc(Br)cc2)c1. The lowest BCUT2D eigenvalue weighted by Crippen LogP contribution is -2.49. The van der Waals surface area contributed by atoms with Gasteiger partial charge in [-0.05, 0) is 61.2 Å². The molecule has 0 radical (unpaired) electrons. The van der Waals surface area contributed by atoms with Gasteiger partial charge in [0.1, 0.15) is 6.04 Å². The van der Waals surface area contributed by atoms with Gasteiger partial charge in [0.25, 0.3) is 0 Å². The van der Waals surface area contributed by atoms with Gasteiger partial charge < -0.3 is 5.32 Å². The minimum atomic E-state index is -3.73. The highest BCUT2D eigenvalue weighted by Gasteiger charge is 2.37. The van der Waals surface area contributed by atoms with E-state index in [0.29, 0.717) is 18.7 Å². The summed E-state index contributed by atoms with van der Waals surface area (Å²) in [6, 6.07) is 13.5. The standard InChI is InChI=1S/C20H23BrN2O3S/c1-2-15-6-5-7-17(14-15)22-20(24)19-8-3-4-13-23(19)27(25,26)18-11-9-16(21)10-12-18/h5-7,9-12,14,19H,2-4,8,13H2,1H3,(H,22,24)/t19-/m1/s1. The molecule has 1 heterocycles. The smallest absolute Gasteiger partial charge is 0.243 e. The number of piperidine rings is 1. The Balaban J connectivity index is 1.84. The van der Waals surface area contributed by atoms with Gasteiger partial charge in [0.2, 0.25) is 15.9 Å². The molecule has 1 saturated heterocycles. The average Bonchev–Trinajstić information content (AvgIpc) is 2.68. The number of anilines is 1. The van der Waals surface area contributed by atoms with Crippen LogP contribution in [-0.4, -0.2) is 31.2 Å². The predicted octanol–water partition coefficient (Wildman–Crippen LogP) is 4.19. The molecule has 1 aliphatic rings. The molecule has 0 aromatic heterocycles. The highest BCUT2D eigenvalue weighted by atomic mass is 79.9. The molecule has 3 rings (SSSR count). The molecule has 1 N–H and O–H groups in total. The molecule has 7 heteroatoms. The van der Waals surface area contributed by atoms with Crippen LogP contribution in [0.25, 0.3) is 0 Å². The molecular formula is C20H23BrN2O3S. The Labute approximate surface area is 169 Å². The number of nitrogens with one attached hydrogen (secondary N) is 1. The summed E-state index contributed by atoms with van der Waals surface area (Å²) in [5, 5.41) is 2.90. The zero-order chi connectivity index (χ0) is 19.4. The van der Waals surface area contributed by atoms with Crippen LogP contribution < -0.4 is 5.32 Å². The Morgan fingerprint density at radius 2 is 1.93 bits per heavy atom. The molecule has 0 saturated carbocycles. The summed E-state index contributed by atoms with van der Waals surface area (Å²) in [5.41, 5.74) is 1.82. The number of nitrogens with zero attached hydrogens (tertiary/aromatic N) is 1. The van der Waals surface area contributed by atoms with E-state index in [1.165, 1.54) is 4.31 Å². The summed E-state index contributed by atoms with van der Waals surface area (Å²) in [6.45, 7) is 2.40.